The van der Waals surface area contributed by atoms with Crippen LogP contribution in [0.5, 0.6) is 5.75 Å². The summed E-state index contributed by atoms with van der Waals surface area (Å²) in [6, 6.07) is 29.6. The Balaban J connectivity index is 1.88. The van der Waals surface area contributed by atoms with E-state index in [-0.39, 0.29) is 0 Å². The predicted octanol–water partition coefficient (Wildman–Crippen LogP) is 6.99. The van der Waals surface area contributed by atoms with E-state index in [9.17, 15) is 5.11 Å². The number of phenols is 1. The van der Waals surface area contributed by atoms with Crippen LogP contribution in [-0.4, -0.2) is 11.3 Å². The Labute approximate surface area is 189 Å². The molecule has 0 bridgehead atoms. The molecule has 31 heavy (non-hydrogen) atoms. The van der Waals surface area contributed by atoms with E-state index in [1.807, 2.05) is 12.1 Å². The molecule has 0 aliphatic heterocycles. The lowest BCUT2D eigenvalue weighted by Crippen LogP contribution is -2.32. The molecule has 0 radical (unpaired) electrons. The summed E-state index contributed by atoms with van der Waals surface area (Å²) in [5.41, 5.74) is 0. The minimum atomic E-state index is -1.90. The molecule has 0 aliphatic carbocycles. The summed E-state index contributed by atoms with van der Waals surface area (Å²) in [5, 5.41) is 14.2. The van der Waals surface area contributed by atoms with Gasteiger partial charge in [0, 0.05) is 6.07 Å². The number of aromatic hydroxyl groups is 1. The van der Waals surface area contributed by atoms with Crippen molar-refractivity contribution in [1.82, 2.24) is 0 Å². The summed E-state index contributed by atoms with van der Waals surface area (Å²) in [6.45, 7) is 2.27. The van der Waals surface area contributed by atoms with Crippen molar-refractivity contribution < 1.29 is 5.11 Å². The molecule has 0 amide bonds. The average molecular weight is 432 g/mol. The monoisotopic (exact) mass is 431 g/mol. The van der Waals surface area contributed by atoms with Crippen LogP contribution in [0.25, 0.3) is 0 Å². The molecule has 0 aromatic heterocycles. The molecule has 0 saturated heterocycles. The van der Waals surface area contributed by atoms with E-state index in [1.165, 1.54) is 54.4 Å². The minimum absolute atomic E-state index is 0.338. The Morgan fingerprint density at radius 3 is 1.84 bits per heavy atom. The SMILES string of the molecule is CCCCCCCCC=CC[P+](c1ccccc1)(c1ccccc1)c1cccc(O)c1. The zero-order valence-corrected chi connectivity index (χ0v) is 19.7. The van der Waals surface area contributed by atoms with E-state index < -0.39 is 7.26 Å². The molecule has 3 aromatic carbocycles. The molecule has 2 heteroatoms. The summed E-state index contributed by atoms with van der Waals surface area (Å²) in [5.74, 6) is 0.338. The molecule has 1 N–H and O–H groups in total. The molecule has 0 spiro atoms. The largest absolute Gasteiger partial charge is 0.508 e. The summed E-state index contributed by atoms with van der Waals surface area (Å²) < 4.78 is 0. The zero-order valence-electron chi connectivity index (χ0n) is 18.8. The maximum absolute atomic E-state index is 10.3. The zero-order chi connectivity index (χ0) is 21.8. The van der Waals surface area contributed by atoms with E-state index in [2.05, 4.69) is 85.8 Å². The van der Waals surface area contributed by atoms with Gasteiger partial charge in [0.15, 0.2) is 0 Å². The minimum Gasteiger partial charge on any atom is -0.508 e. The molecule has 0 atom stereocenters. The second kappa shape index (κ2) is 12.5. The van der Waals surface area contributed by atoms with Gasteiger partial charge in [-0.2, -0.15) is 0 Å². The fourth-order valence-corrected chi connectivity index (χ4v) is 8.30. The highest BCUT2D eigenvalue weighted by Crippen LogP contribution is 2.55. The van der Waals surface area contributed by atoms with Gasteiger partial charge < -0.3 is 5.11 Å². The predicted molar refractivity (Wildman–Crippen MR) is 139 cm³/mol. The Morgan fingerprint density at radius 2 is 1.23 bits per heavy atom. The number of hydrogen-bond acceptors (Lipinski definition) is 1. The lowest BCUT2D eigenvalue weighted by Gasteiger charge is -2.26. The van der Waals surface area contributed by atoms with Crippen molar-refractivity contribution in [3.8, 4) is 5.75 Å². The van der Waals surface area contributed by atoms with Crippen LogP contribution >= 0.6 is 7.26 Å². The first-order valence-electron chi connectivity index (χ1n) is 11.7. The number of unbranched alkanes of at least 4 members (excludes halogenated alkanes) is 6. The van der Waals surface area contributed by atoms with Crippen LogP contribution in [-0.2, 0) is 0 Å². The molecule has 0 aliphatic rings. The quantitative estimate of drug-likeness (QED) is 0.186. The number of rotatable bonds is 12. The van der Waals surface area contributed by atoms with Crippen molar-refractivity contribution in [2.45, 2.75) is 51.9 Å². The molecule has 1 nitrogen and oxygen atoms in total. The van der Waals surface area contributed by atoms with Crippen LogP contribution in [0.4, 0.5) is 0 Å². The molecule has 3 rings (SSSR count). The van der Waals surface area contributed by atoms with Crippen molar-refractivity contribution in [3.05, 3.63) is 97.1 Å². The third-order valence-electron chi connectivity index (χ3n) is 5.93. The molecule has 0 saturated carbocycles. The van der Waals surface area contributed by atoms with Gasteiger partial charge in [0.25, 0.3) is 0 Å². The Bertz CT molecular complexity index is 878. The first kappa shape index (κ1) is 23.3. The van der Waals surface area contributed by atoms with Crippen LogP contribution in [0.3, 0.4) is 0 Å². The summed E-state index contributed by atoms with van der Waals surface area (Å²) in [7, 11) is -1.90. The Morgan fingerprint density at radius 1 is 0.645 bits per heavy atom. The lowest BCUT2D eigenvalue weighted by atomic mass is 10.1. The molecule has 3 aromatic rings. The summed E-state index contributed by atoms with van der Waals surface area (Å²) in [6.07, 6.45) is 14.9. The molecule has 0 unspecified atom stereocenters. The van der Waals surface area contributed by atoms with Crippen molar-refractivity contribution in [1.29, 1.82) is 0 Å². The van der Waals surface area contributed by atoms with Gasteiger partial charge in [0.1, 0.15) is 28.9 Å². The third kappa shape index (κ3) is 6.31. The number of phenolic OH excluding ortho intramolecular Hbond substituents is 1. The molecule has 0 fully saturated rings. The van der Waals surface area contributed by atoms with Gasteiger partial charge in [0.2, 0.25) is 0 Å². The normalized spacial score (nSPS) is 11.8. The van der Waals surface area contributed by atoms with Gasteiger partial charge >= 0.3 is 0 Å². The molecular weight excluding hydrogens is 395 g/mol. The smallest absolute Gasteiger partial charge is 0.119 e. The molecular formula is C29H36OP+. The summed E-state index contributed by atoms with van der Waals surface area (Å²) >= 11 is 0. The van der Waals surface area contributed by atoms with Gasteiger partial charge in [0.05, 0.1) is 6.16 Å². The number of benzene rings is 3. The second-order valence-electron chi connectivity index (χ2n) is 8.21. The van der Waals surface area contributed by atoms with Crippen LogP contribution in [0.2, 0.25) is 0 Å². The Kier molecular flexibility index (Phi) is 9.38. The van der Waals surface area contributed by atoms with Gasteiger partial charge in [-0.15, -0.1) is 0 Å². The van der Waals surface area contributed by atoms with Gasteiger partial charge in [-0.05, 0) is 49.2 Å². The van der Waals surface area contributed by atoms with Gasteiger partial charge in [-0.3, -0.25) is 0 Å². The topological polar surface area (TPSA) is 20.2 Å². The van der Waals surface area contributed by atoms with Crippen molar-refractivity contribution in [2.24, 2.45) is 0 Å². The van der Waals surface area contributed by atoms with Gasteiger partial charge in [-0.25, -0.2) is 0 Å². The van der Waals surface area contributed by atoms with E-state index in [0.29, 0.717) is 5.75 Å². The third-order valence-corrected chi connectivity index (χ3v) is 10.2. The number of hydrogen-bond donors (Lipinski definition) is 1. The fourth-order valence-electron chi connectivity index (χ4n) is 4.25. The van der Waals surface area contributed by atoms with Crippen molar-refractivity contribution in [3.63, 3.8) is 0 Å². The fraction of sp³-hybridized carbons (Fsp3) is 0.310. The molecule has 162 valence electrons. The van der Waals surface area contributed by atoms with E-state index in [4.69, 9.17) is 0 Å². The van der Waals surface area contributed by atoms with E-state index >= 15 is 0 Å². The van der Waals surface area contributed by atoms with Crippen LogP contribution in [0.1, 0.15) is 51.9 Å². The lowest BCUT2D eigenvalue weighted by molar-refractivity contribution is 0.476. The van der Waals surface area contributed by atoms with Crippen LogP contribution in [0, 0.1) is 0 Å². The first-order chi connectivity index (χ1) is 15.3. The van der Waals surface area contributed by atoms with E-state index in [1.54, 1.807) is 6.07 Å². The van der Waals surface area contributed by atoms with Gasteiger partial charge in [-0.1, -0.05) is 93.6 Å². The summed E-state index contributed by atoms with van der Waals surface area (Å²) in [4.78, 5) is 0. The van der Waals surface area contributed by atoms with E-state index in [0.717, 1.165) is 12.6 Å². The highest BCUT2D eigenvalue weighted by Gasteiger charge is 2.44. The average Bonchev–Trinajstić information content (AvgIpc) is 2.82. The standard InChI is InChI=1S/C29H35OP/c1-2-3-4-5-6-7-8-9-16-24-31(27-19-12-10-13-20-27,28-21-14-11-15-22-28)29-23-17-18-26(30)25-29/h9-23,25H,2-8,24H2,1H3/p+1. The van der Waals surface area contributed by atoms with Crippen LogP contribution in [0.15, 0.2) is 97.1 Å². The van der Waals surface area contributed by atoms with Crippen molar-refractivity contribution >= 4 is 23.2 Å². The maximum Gasteiger partial charge on any atom is 0.119 e. The maximum atomic E-state index is 10.3. The highest BCUT2D eigenvalue weighted by molar-refractivity contribution is 7.95. The highest BCUT2D eigenvalue weighted by atomic mass is 31.2. The van der Waals surface area contributed by atoms with Crippen molar-refractivity contribution in [2.75, 3.05) is 6.16 Å². The number of allylic oxidation sites excluding steroid dienone is 2. The Hall–Kier alpha value is -2.37. The molecule has 0 heterocycles. The second-order valence-corrected chi connectivity index (χ2v) is 11.7. The first-order valence-corrected chi connectivity index (χ1v) is 13.7. The van der Waals surface area contributed by atoms with Crippen LogP contribution < -0.4 is 15.9 Å².